The second-order valence-corrected chi connectivity index (χ2v) is 19.2. The molecule has 6 fully saturated rings. The molecule has 6 rings (SSSR count). The molecular formula is C43H75N3O31. The van der Waals surface area contributed by atoms with Gasteiger partial charge in [0.1, 0.15) is 146 Å². The molecule has 21 N–H and O–H groups in total. The summed E-state index contributed by atoms with van der Waals surface area (Å²) >= 11 is 0. The third kappa shape index (κ3) is 14.3. The summed E-state index contributed by atoms with van der Waals surface area (Å²) in [4.78, 5) is 25.7. The minimum absolute atomic E-state index is 0.0632. The Kier molecular flexibility index (Phi) is 23.8. The van der Waals surface area contributed by atoms with Crippen LogP contribution < -0.4 is 16.4 Å². The van der Waals surface area contributed by atoms with Crippen LogP contribution in [-0.2, 0) is 66.4 Å². The second-order valence-electron chi connectivity index (χ2n) is 19.2. The molecule has 6 aliphatic rings. The number of ether oxygens (including phenoxy) is 12. The number of hydrogen-bond acceptors (Lipinski definition) is 32. The number of carbonyl (C=O) groups excluding carboxylic acids is 2. The van der Waals surface area contributed by atoms with Gasteiger partial charge in [0.25, 0.3) is 0 Å². The highest BCUT2D eigenvalue weighted by atomic mass is 16.8. The summed E-state index contributed by atoms with van der Waals surface area (Å²) < 4.78 is 70.3. The van der Waals surface area contributed by atoms with Crippen LogP contribution in [-0.4, -0.2) is 336 Å². The van der Waals surface area contributed by atoms with Crippen molar-refractivity contribution in [2.24, 2.45) is 5.73 Å². The molecule has 0 bridgehead atoms. The zero-order valence-electron chi connectivity index (χ0n) is 41.6. The summed E-state index contributed by atoms with van der Waals surface area (Å²) in [6, 6.07) is -3.52. The van der Waals surface area contributed by atoms with Crippen LogP contribution in [0.5, 0.6) is 0 Å². The maximum atomic E-state index is 13.0. The average Bonchev–Trinajstić information content (AvgIpc) is 3.42. The van der Waals surface area contributed by atoms with E-state index in [2.05, 4.69) is 10.6 Å². The molecule has 0 aromatic heterocycles. The summed E-state index contributed by atoms with van der Waals surface area (Å²) in [7, 11) is 0. The van der Waals surface area contributed by atoms with Gasteiger partial charge in [0, 0.05) is 13.8 Å². The van der Waals surface area contributed by atoms with Gasteiger partial charge in [0.15, 0.2) is 37.7 Å². The lowest BCUT2D eigenvalue weighted by atomic mass is 9.93. The average molecular weight is 1130 g/mol. The molecule has 448 valence electrons. The van der Waals surface area contributed by atoms with Gasteiger partial charge in [-0.3, -0.25) is 9.59 Å². The predicted octanol–water partition coefficient (Wildman–Crippen LogP) is -13.4. The smallest absolute Gasteiger partial charge is 0.217 e. The van der Waals surface area contributed by atoms with Crippen LogP contribution in [0, 0.1) is 0 Å². The summed E-state index contributed by atoms with van der Waals surface area (Å²) in [6.07, 6.45) is -52.7. The SMILES string of the molecule is CC(=O)N[C@H]1[C@H](O[C@@H]2[C@H](O)[C@@H](OCCCN)O[C@H](CO)[C@H]2O)O[C@H](CO)[C@H](O[C@H]2O[C@H](CO)[C@@H](O[C@@H]3O[C@H](CO)[C@H](O)[C@H](O[C@@H]4O[C@H](CO)[C@@H](O)[C@H](O)[C@H]4O)[C@H]3NC(C)=O)[C@H](O)[C@H]2O)[C@@H]1O[C@@H]1O[C@H](CO)[C@@H](O)[C@H](O)[C@H]1O. The lowest BCUT2D eigenvalue weighted by Crippen LogP contribution is -2.71. The van der Waals surface area contributed by atoms with Crippen molar-refractivity contribution in [1.29, 1.82) is 0 Å². The molecule has 0 radical (unpaired) electrons. The molecule has 6 aliphatic heterocycles. The fraction of sp³-hybridized carbons (Fsp3) is 0.953. The van der Waals surface area contributed by atoms with Gasteiger partial charge in [-0.15, -0.1) is 0 Å². The van der Waals surface area contributed by atoms with Gasteiger partial charge in [-0.05, 0) is 13.0 Å². The summed E-state index contributed by atoms with van der Waals surface area (Å²) in [5, 5.41) is 188. The monoisotopic (exact) mass is 1130 g/mol. The Morgan fingerprint density at radius 2 is 0.714 bits per heavy atom. The highest BCUT2D eigenvalue weighted by Gasteiger charge is 2.59. The minimum atomic E-state index is -2.30. The summed E-state index contributed by atoms with van der Waals surface area (Å²) in [5.74, 6) is -1.70. The van der Waals surface area contributed by atoms with Gasteiger partial charge in [0.05, 0.1) is 46.2 Å². The Morgan fingerprint density at radius 1 is 0.377 bits per heavy atom. The number of rotatable bonds is 22. The standard InChI is InChI=1S/C43H75N3O31/c1-12(53)45-20-35(75-41-29(62)26(59)22(55)14(6-47)69-41)24(57)16(8-49)67-38(20)73-33-18(10-51)72-43(31(64)28(33)61)74-34-19(11-52)71-39(77-37-25(58)17(9-50)68-40(32(37)65)66-5-3-4-44)21(46-13(2)54)36(34)76-42-30(63)27(60)23(56)15(7-48)70-42/h14-43,47-52,55-65H,3-11,44H2,1-2H3,(H,45,53)(H,46,54)/t14-,15-,16-,17-,18-,19-,20-,21-,22-,23-,24+,25-,26+,27+,28-,29-,30-,31-,32+,33-,34+,35-,36-,37+,38+,39+,40+,41+,42+,43-/m1/s1. The number of carbonyl (C=O) groups is 2. The highest BCUT2D eigenvalue weighted by Crippen LogP contribution is 2.38. The Hall–Kier alpha value is -2.26. The van der Waals surface area contributed by atoms with Gasteiger partial charge >= 0.3 is 0 Å². The predicted molar refractivity (Wildman–Crippen MR) is 240 cm³/mol. The molecular weight excluding hydrogens is 1050 g/mol. The Bertz CT molecular complexity index is 1820. The molecule has 0 aromatic rings. The maximum absolute atomic E-state index is 13.0. The van der Waals surface area contributed by atoms with Crippen molar-refractivity contribution in [3.05, 3.63) is 0 Å². The van der Waals surface area contributed by atoms with Crippen molar-refractivity contribution in [2.45, 2.75) is 204 Å². The zero-order valence-corrected chi connectivity index (χ0v) is 41.6. The third-order valence-electron chi connectivity index (χ3n) is 13.8. The largest absolute Gasteiger partial charge is 0.394 e. The first-order valence-corrected chi connectivity index (χ1v) is 24.8. The number of nitrogens with one attached hydrogen (secondary N) is 2. The Morgan fingerprint density at radius 3 is 1.18 bits per heavy atom. The van der Waals surface area contributed by atoms with Crippen molar-refractivity contribution < 1.29 is 153 Å². The number of nitrogens with two attached hydrogens (primary N) is 1. The zero-order chi connectivity index (χ0) is 56.7. The van der Waals surface area contributed by atoms with Crippen molar-refractivity contribution in [3.8, 4) is 0 Å². The van der Waals surface area contributed by atoms with Gasteiger partial charge in [-0.2, -0.15) is 0 Å². The van der Waals surface area contributed by atoms with E-state index in [4.69, 9.17) is 62.6 Å². The lowest BCUT2D eigenvalue weighted by Gasteiger charge is -2.52. The fourth-order valence-corrected chi connectivity index (χ4v) is 9.72. The first kappa shape index (κ1) is 63.9. The molecule has 77 heavy (non-hydrogen) atoms. The summed E-state index contributed by atoms with van der Waals surface area (Å²) in [6.45, 7) is -3.71. The molecule has 34 heteroatoms. The van der Waals surface area contributed by atoms with E-state index in [1.165, 1.54) is 0 Å². The van der Waals surface area contributed by atoms with Crippen molar-refractivity contribution >= 4 is 11.8 Å². The van der Waals surface area contributed by atoms with E-state index in [9.17, 15) is 96.4 Å². The van der Waals surface area contributed by atoms with Crippen molar-refractivity contribution in [1.82, 2.24) is 10.6 Å². The van der Waals surface area contributed by atoms with Crippen LogP contribution in [0.4, 0.5) is 0 Å². The molecule has 0 spiro atoms. The fourth-order valence-electron chi connectivity index (χ4n) is 9.72. The van der Waals surface area contributed by atoms with E-state index >= 15 is 0 Å². The quantitative estimate of drug-likeness (QED) is 0.0448. The van der Waals surface area contributed by atoms with Gasteiger partial charge in [-0.1, -0.05) is 0 Å². The van der Waals surface area contributed by atoms with E-state index in [-0.39, 0.29) is 19.6 Å². The molecule has 6 heterocycles. The lowest BCUT2D eigenvalue weighted by molar-refractivity contribution is -0.393. The van der Waals surface area contributed by atoms with Crippen LogP contribution >= 0.6 is 0 Å². The van der Waals surface area contributed by atoms with Crippen molar-refractivity contribution in [3.63, 3.8) is 0 Å². The highest BCUT2D eigenvalue weighted by molar-refractivity contribution is 5.73. The summed E-state index contributed by atoms with van der Waals surface area (Å²) in [5.41, 5.74) is 5.56. The van der Waals surface area contributed by atoms with Gasteiger partial charge in [0.2, 0.25) is 11.8 Å². The molecule has 0 aliphatic carbocycles. The van der Waals surface area contributed by atoms with Crippen LogP contribution in [0.15, 0.2) is 0 Å². The molecule has 2 amide bonds. The van der Waals surface area contributed by atoms with Crippen molar-refractivity contribution in [2.75, 3.05) is 52.8 Å². The topological polar surface area (TPSA) is 539 Å². The van der Waals surface area contributed by atoms with Crippen LogP contribution in [0.1, 0.15) is 20.3 Å². The van der Waals surface area contributed by atoms with E-state index in [0.717, 1.165) is 13.8 Å². The minimum Gasteiger partial charge on any atom is -0.394 e. The van der Waals surface area contributed by atoms with Crippen LogP contribution in [0.2, 0.25) is 0 Å². The molecule has 34 nitrogen and oxygen atoms in total. The molecule has 6 saturated heterocycles. The van der Waals surface area contributed by atoms with Crippen LogP contribution in [0.25, 0.3) is 0 Å². The number of aliphatic hydroxyl groups is 17. The molecule has 0 saturated carbocycles. The first-order valence-electron chi connectivity index (χ1n) is 24.8. The molecule has 0 aromatic carbocycles. The number of hydrogen-bond donors (Lipinski definition) is 20. The Balaban J connectivity index is 1.31. The number of aliphatic hydroxyl groups excluding tert-OH is 17. The van der Waals surface area contributed by atoms with Crippen LogP contribution in [0.3, 0.4) is 0 Å². The second kappa shape index (κ2) is 28.6. The van der Waals surface area contributed by atoms with E-state index < -0.39 is 236 Å². The van der Waals surface area contributed by atoms with E-state index in [0.29, 0.717) is 0 Å². The van der Waals surface area contributed by atoms with E-state index in [1.54, 1.807) is 0 Å². The third-order valence-corrected chi connectivity index (χ3v) is 13.8. The Labute approximate surface area is 438 Å². The molecule has 0 unspecified atom stereocenters. The maximum Gasteiger partial charge on any atom is 0.217 e. The number of amides is 2. The van der Waals surface area contributed by atoms with E-state index in [1.807, 2.05) is 0 Å². The molecule has 30 atom stereocenters. The van der Waals surface area contributed by atoms with Gasteiger partial charge in [-0.25, -0.2) is 0 Å². The first-order chi connectivity index (χ1) is 36.6. The normalized spacial score (nSPS) is 47.8. The van der Waals surface area contributed by atoms with Gasteiger partial charge < -0.3 is 160 Å².